The van der Waals surface area contributed by atoms with E-state index in [0.717, 1.165) is 11.1 Å². The minimum absolute atomic E-state index is 0.184. The molecule has 0 aliphatic rings. The molecule has 2 aromatic rings. The molecule has 0 bridgehead atoms. The predicted octanol–water partition coefficient (Wildman–Crippen LogP) is 4.05. The van der Waals surface area contributed by atoms with Crippen molar-refractivity contribution in [2.45, 2.75) is 33.3 Å². The summed E-state index contributed by atoms with van der Waals surface area (Å²) in [5.74, 6) is 0.438. The highest BCUT2D eigenvalue weighted by atomic mass is 35.5. The molecule has 2 N–H and O–H groups in total. The van der Waals surface area contributed by atoms with Crippen LogP contribution in [0, 0.1) is 6.92 Å². The quantitative estimate of drug-likeness (QED) is 0.603. The van der Waals surface area contributed by atoms with Gasteiger partial charge in [0.05, 0.1) is 5.71 Å². The molecule has 6 heteroatoms. The number of carbonyl (C=O) groups excluding carboxylic acids is 1. The van der Waals surface area contributed by atoms with Gasteiger partial charge < -0.3 is 9.84 Å². The number of halogens is 1. The van der Waals surface area contributed by atoms with E-state index in [1.165, 1.54) is 0 Å². The van der Waals surface area contributed by atoms with Crippen molar-refractivity contribution in [3.8, 4) is 11.5 Å². The van der Waals surface area contributed by atoms with E-state index < -0.39 is 6.10 Å². The normalized spacial score (nSPS) is 12.6. The van der Waals surface area contributed by atoms with Crippen molar-refractivity contribution >= 4 is 23.2 Å². The first-order valence-corrected chi connectivity index (χ1v) is 8.37. The van der Waals surface area contributed by atoms with Crippen molar-refractivity contribution in [2.75, 3.05) is 0 Å². The van der Waals surface area contributed by atoms with Crippen molar-refractivity contribution in [3.63, 3.8) is 0 Å². The molecule has 0 radical (unpaired) electrons. The average molecular weight is 361 g/mol. The number of ether oxygens (including phenoxy) is 1. The Morgan fingerprint density at radius 3 is 2.56 bits per heavy atom. The number of aryl methyl sites for hydroxylation is 1. The lowest BCUT2D eigenvalue weighted by Gasteiger charge is -2.15. The SMILES string of the molecule is CCC(=NNC(=O)C(C)Oc1ccc(Cl)cc1C)c1ccc(O)cc1. The zero-order chi connectivity index (χ0) is 18.4. The summed E-state index contributed by atoms with van der Waals surface area (Å²) < 4.78 is 5.68. The Hall–Kier alpha value is -2.53. The van der Waals surface area contributed by atoms with Crippen molar-refractivity contribution in [1.82, 2.24) is 5.43 Å². The minimum atomic E-state index is -0.707. The summed E-state index contributed by atoms with van der Waals surface area (Å²) in [6, 6.07) is 11.9. The van der Waals surface area contributed by atoms with Crippen LogP contribution in [0.3, 0.4) is 0 Å². The molecule has 1 amide bonds. The monoisotopic (exact) mass is 360 g/mol. The summed E-state index contributed by atoms with van der Waals surface area (Å²) >= 11 is 5.92. The van der Waals surface area contributed by atoms with Gasteiger partial charge >= 0.3 is 0 Å². The van der Waals surface area contributed by atoms with Gasteiger partial charge in [0.15, 0.2) is 6.10 Å². The van der Waals surface area contributed by atoms with Crippen LogP contribution in [0.5, 0.6) is 11.5 Å². The largest absolute Gasteiger partial charge is 0.508 e. The van der Waals surface area contributed by atoms with Crippen LogP contribution >= 0.6 is 11.6 Å². The van der Waals surface area contributed by atoms with Crippen LogP contribution in [0.1, 0.15) is 31.4 Å². The highest BCUT2D eigenvalue weighted by Gasteiger charge is 2.15. The van der Waals surface area contributed by atoms with Crippen LogP contribution in [0.2, 0.25) is 5.02 Å². The number of hydrogen-bond donors (Lipinski definition) is 2. The van der Waals surface area contributed by atoms with E-state index in [0.29, 0.717) is 22.9 Å². The highest BCUT2D eigenvalue weighted by molar-refractivity contribution is 6.30. The van der Waals surface area contributed by atoms with Crippen LogP contribution in [-0.4, -0.2) is 22.8 Å². The van der Waals surface area contributed by atoms with Crippen LogP contribution in [0.4, 0.5) is 0 Å². The second kappa shape index (κ2) is 8.53. The first-order valence-electron chi connectivity index (χ1n) is 7.99. The molecule has 1 atom stereocenters. The van der Waals surface area contributed by atoms with Gasteiger partial charge in [0.1, 0.15) is 11.5 Å². The Kier molecular flexibility index (Phi) is 6.42. The first kappa shape index (κ1) is 18.8. The second-order valence-corrected chi connectivity index (χ2v) is 6.04. The molecule has 5 nitrogen and oxygen atoms in total. The van der Waals surface area contributed by atoms with E-state index in [-0.39, 0.29) is 11.7 Å². The third kappa shape index (κ3) is 5.22. The molecule has 0 aliphatic heterocycles. The van der Waals surface area contributed by atoms with Crippen molar-refractivity contribution < 1.29 is 14.6 Å². The summed E-state index contributed by atoms with van der Waals surface area (Å²) in [4.78, 5) is 12.2. The van der Waals surface area contributed by atoms with Crippen LogP contribution in [0.15, 0.2) is 47.6 Å². The van der Waals surface area contributed by atoms with Crippen LogP contribution in [0.25, 0.3) is 0 Å². The summed E-state index contributed by atoms with van der Waals surface area (Å²) in [5, 5.41) is 14.1. The zero-order valence-corrected chi connectivity index (χ0v) is 15.2. The maximum Gasteiger partial charge on any atom is 0.280 e. The third-order valence-corrected chi connectivity index (χ3v) is 3.88. The fourth-order valence-electron chi connectivity index (χ4n) is 2.20. The molecule has 0 saturated heterocycles. The topological polar surface area (TPSA) is 70.9 Å². The standard InChI is InChI=1S/C19H21ClN2O3/c1-4-17(14-5-8-16(23)9-6-14)21-22-19(24)13(3)25-18-10-7-15(20)11-12(18)2/h5-11,13,23H,4H2,1-3H3,(H,22,24). The van der Waals surface area contributed by atoms with Crippen molar-refractivity contribution in [3.05, 3.63) is 58.6 Å². The van der Waals surface area contributed by atoms with E-state index in [9.17, 15) is 9.90 Å². The average Bonchev–Trinajstić information content (AvgIpc) is 2.59. The minimum Gasteiger partial charge on any atom is -0.508 e. The number of hydrogen-bond acceptors (Lipinski definition) is 4. The van der Waals surface area contributed by atoms with Crippen molar-refractivity contribution in [2.24, 2.45) is 5.10 Å². The highest BCUT2D eigenvalue weighted by Crippen LogP contribution is 2.22. The summed E-state index contributed by atoms with van der Waals surface area (Å²) in [7, 11) is 0. The molecule has 0 spiro atoms. The molecule has 0 aromatic heterocycles. The lowest BCUT2D eigenvalue weighted by atomic mass is 10.1. The summed E-state index contributed by atoms with van der Waals surface area (Å²) in [6.45, 7) is 5.46. The van der Waals surface area contributed by atoms with E-state index in [4.69, 9.17) is 16.3 Å². The molecule has 0 heterocycles. The Balaban J connectivity index is 2.03. The number of phenolic OH excluding ortho intramolecular Hbond substituents is 1. The molecular formula is C19H21ClN2O3. The Bertz CT molecular complexity index is 773. The molecule has 132 valence electrons. The molecule has 1 unspecified atom stereocenters. The number of rotatable bonds is 6. The van der Waals surface area contributed by atoms with Gasteiger partial charge in [-0.15, -0.1) is 0 Å². The molecule has 0 fully saturated rings. The summed E-state index contributed by atoms with van der Waals surface area (Å²) in [5.41, 5.74) is 4.94. The molecular weight excluding hydrogens is 340 g/mol. The second-order valence-electron chi connectivity index (χ2n) is 5.60. The molecule has 2 aromatic carbocycles. The maximum absolute atomic E-state index is 12.2. The summed E-state index contributed by atoms with van der Waals surface area (Å²) in [6.07, 6.45) is -0.0714. The predicted molar refractivity (Wildman–Crippen MR) is 99.4 cm³/mol. The van der Waals surface area contributed by atoms with Gasteiger partial charge in [-0.1, -0.05) is 18.5 Å². The lowest BCUT2D eigenvalue weighted by molar-refractivity contribution is -0.127. The number of nitrogens with zero attached hydrogens (tertiary/aromatic N) is 1. The van der Waals surface area contributed by atoms with Gasteiger partial charge in [-0.25, -0.2) is 5.43 Å². The van der Waals surface area contributed by atoms with Crippen LogP contribution < -0.4 is 10.2 Å². The third-order valence-electron chi connectivity index (χ3n) is 3.65. The number of benzene rings is 2. The lowest BCUT2D eigenvalue weighted by Crippen LogP contribution is -2.34. The van der Waals surface area contributed by atoms with Gasteiger partial charge in [0, 0.05) is 5.02 Å². The number of carbonyl (C=O) groups is 1. The van der Waals surface area contributed by atoms with Gasteiger partial charge in [0.25, 0.3) is 5.91 Å². The number of nitrogens with one attached hydrogen (secondary N) is 1. The smallest absolute Gasteiger partial charge is 0.280 e. The Morgan fingerprint density at radius 2 is 1.96 bits per heavy atom. The zero-order valence-electron chi connectivity index (χ0n) is 14.4. The van der Waals surface area contributed by atoms with Crippen LogP contribution in [-0.2, 0) is 4.79 Å². The Labute approximate surface area is 152 Å². The number of phenols is 1. The van der Waals surface area contributed by atoms with Crippen molar-refractivity contribution in [1.29, 1.82) is 0 Å². The first-order chi connectivity index (χ1) is 11.9. The number of hydrazone groups is 1. The van der Waals surface area contributed by atoms with E-state index in [2.05, 4.69) is 10.5 Å². The molecule has 0 aliphatic carbocycles. The molecule has 2 rings (SSSR count). The van der Waals surface area contributed by atoms with E-state index in [1.54, 1.807) is 49.4 Å². The van der Waals surface area contributed by atoms with Gasteiger partial charge in [-0.05, 0) is 73.9 Å². The van der Waals surface area contributed by atoms with Gasteiger partial charge in [0.2, 0.25) is 0 Å². The van der Waals surface area contributed by atoms with E-state index >= 15 is 0 Å². The maximum atomic E-state index is 12.2. The fourth-order valence-corrected chi connectivity index (χ4v) is 2.43. The van der Waals surface area contributed by atoms with E-state index in [1.807, 2.05) is 13.8 Å². The van der Waals surface area contributed by atoms with Gasteiger partial charge in [-0.3, -0.25) is 4.79 Å². The van der Waals surface area contributed by atoms with Gasteiger partial charge in [-0.2, -0.15) is 5.10 Å². The molecule has 0 saturated carbocycles. The number of amides is 1. The molecule has 25 heavy (non-hydrogen) atoms. The number of aromatic hydroxyl groups is 1. The Morgan fingerprint density at radius 1 is 1.28 bits per heavy atom. The fraction of sp³-hybridized carbons (Fsp3) is 0.263.